The lowest BCUT2D eigenvalue weighted by atomic mass is 10.2. The van der Waals surface area contributed by atoms with Crippen molar-refractivity contribution in [3.05, 3.63) is 70.7 Å². The molecule has 0 aliphatic rings. The average molecular weight is 403 g/mol. The SMILES string of the molecule is CCOc1cc(CNn2cnnc2)cc(Br)c1OCc1ccccc1. The monoisotopic (exact) mass is 402 g/mol. The lowest BCUT2D eigenvalue weighted by molar-refractivity contribution is 0.267. The summed E-state index contributed by atoms with van der Waals surface area (Å²) in [5.41, 5.74) is 5.35. The third-order valence-electron chi connectivity index (χ3n) is 3.48. The molecule has 0 bridgehead atoms. The molecule has 1 heterocycles. The summed E-state index contributed by atoms with van der Waals surface area (Å²) >= 11 is 3.60. The van der Waals surface area contributed by atoms with Crippen LogP contribution in [0.1, 0.15) is 18.1 Å². The Labute approximate surface area is 154 Å². The van der Waals surface area contributed by atoms with Crippen molar-refractivity contribution in [2.45, 2.75) is 20.1 Å². The number of rotatable bonds is 8. The van der Waals surface area contributed by atoms with Gasteiger partial charge in [-0.2, -0.15) is 0 Å². The van der Waals surface area contributed by atoms with Gasteiger partial charge >= 0.3 is 0 Å². The molecule has 0 saturated carbocycles. The van der Waals surface area contributed by atoms with Crippen LogP contribution in [0.5, 0.6) is 11.5 Å². The minimum Gasteiger partial charge on any atom is -0.490 e. The second-order valence-corrected chi connectivity index (χ2v) is 6.17. The Morgan fingerprint density at radius 3 is 2.52 bits per heavy atom. The smallest absolute Gasteiger partial charge is 0.175 e. The highest BCUT2D eigenvalue weighted by Gasteiger charge is 2.12. The third kappa shape index (κ3) is 4.73. The number of hydrogen-bond acceptors (Lipinski definition) is 5. The molecule has 6 nitrogen and oxygen atoms in total. The van der Waals surface area contributed by atoms with Crippen LogP contribution < -0.4 is 14.9 Å². The Bertz CT molecular complexity index is 794. The molecule has 0 amide bonds. The van der Waals surface area contributed by atoms with Gasteiger partial charge in [0.2, 0.25) is 0 Å². The first-order valence-electron chi connectivity index (χ1n) is 7.96. The predicted octanol–water partition coefficient (Wildman–Crippen LogP) is 3.76. The van der Waals surface area contributed by atoms with Crippen LogP contribution in [0.4, 0.5) is 0 Å². The van der Waals surface area contributed by atoms with Crippen molar-refractivity contribution < 1.29 is 9.47 Å². The van der Waals surface area contributed by atoms with Crippen LogP contribution in [-0.2, 0) is 13.2 Å². The maximum Gasteiger partial charge on any atom is 0.175 e. The Balaban J connectivity index is 1.74. The van der Waals surface area contributed by atoms with Crippen molar-refractivity contribution in [2.75, 3.05) is 12.0 Å². The van der Waals surface area contributed by atoms with Crippen LogP contribution in [0.3, 0.4) is 0 Å². The van der Waals surface area contributed by atoms with Gasteiger partial charge < -0.3 is 14.9 Å². The molecule has 2 aromatic carbocycles. The molecule has 7 heteroatoms. The summed E-state index contributed by atoms with van der Waals surface area (Å²) in [5, 5.41) is 7.53. The standard InChI is InChI=1S/C18H19BrN4O2/c1-2-24-17-9-15(10-22-23-12-20-21-13-23)8-16(19)18(17)25-11-14-6-4-3-5-7-14/h3-9,12-13,22H,2,10-11H2,1H3. The summed E-state index contributed by atoms with van der Waals surface area (Å²) in [4.78, 5) is 0. The highest BCUT2D eigenvalue weighted by atomic mass is 79.9. The Hall–Kier alpha value is -2.54. The topological polar surface area (TPSA) is 61.2 Å². The second-order valence-electron chi connectivity index (χ2n) is 5.32. The van der Waals surface area contributed by atoms with Gasteiger partial charge in [-0.3, -0.25) is 0 Å². The molecule has 0 saturated heterocycles. The molecule has 0 unspecified atom stereocenters. The number of benzene rings is 2. The molecule has 1 N–H and O–H groups in total. The summed E-state index contributed by atoms with van der Waals surface area (Å²) < 4.78 is 14.3. The quantitative estimate of drug-likeness (QED) is 0.621. The lowest BCUT2D eigenvalue weighted by Crippen LogP contribution is -2.12. The summed E-state index contributed by atoms with van der Waals surface area (Å²) in [7, 11) is 0. The minimum absolute atomic E-state index is 0.484. The van der Waals surface area contributed by atoms with Crippen molar-refractivity contribution in [1.29, 1.82) is 0 Å². The molecule has 3 rings (SSSR count). The van der Waals surface area contributed by atoms with E-state index >= 15 is 0 Å². The van der Waals surface area contributed by atoms with Crippen LogP contribution in [0.2, 0.25) is 0 Å². The predicted molar refractivity (Wildman–Crippen MR) is 99.2 cm³/mol. The molecule has 0 fully saturated rings. The van der Waals surface area contributed by atoms with E-state index in [1.807, 2.05) is 49.4 Å². The molecule has 0 aliphatic heterocycles. The summed E-state index contributed by atoms with van der Waals surface area (Å²) in [6, 6.07) is 14.0. The van der Waals surface area contributed by atoms with E-state index in [1.165, 1.54) is 0 Å². The average Bonchev–Trinajstić information content (AvgIpc) is 3.14. The minimum atomic E-state index is 0.484. The van der Waals surface area contributed by atoms with E-state index in [9.17, 15) is 0 Å². The fourth-order valence-corrected chi connectivity index (χ4v) is 2.93. The second kappa shape index (κ2) is 8.53. The maximum atomic E-state index is 5.99. The van der Waals surface area contributed by atoms with Crippen LogP contribution in [0.25, 0.3) is 0 Å². The number of aromatic nitrogens is 3. The van der Waals surface area contributed by atoms with Crippen molar-refractivity contribution >= 4 is 15.9 Å². The Kier molecular flexibility index (Phi) is 5.90. The normalized spacial score (nSPS) is 10.5. The van der Waals surface area contributed by atoms with Crippen LogP contribution in [0, 0.1) is 0 Å². The molecule has 0 radical (unpaired) electrons. The maximum absolute atomic E-state index is 5.99. The Morgan fingerprint density at radius 2 is 1.80 bits per heavy atom. The zero-order chi connectivity index (χ0) is 17.5. The Morgan fingerprint density at radius 1 is 1.04 bits per heavy atom. The number of nitrogens with zero attached hydrogens (tertiary/aromatic N) is 3. The molecule has 0 aliphatic carbocycles. The van der Waals surface area contributed by atoms with E-state index < -0.39 is 0 Å². The van der Waals surface area contributed by atoms with E-state index in [4.69, 9.17) is 9.47 Å². The first-order chi connectivity index (χ1) is 12.3. The van der Waals surface area contributed by atoms with E-state index in [-0.39, 0.29) is 0 Å². The van der Waals surface area contributed by atoms with E-state index in [0.717, 1.165) is 15.6 Å². The van der Waals surface area contributed by atoms with Crippen molar-refractivity contribution in [3.63, 3.8) is 0 Å². The number of halogens is 1. The fourth-order valence-electron chi connectivity index (χ4n) is 2.32. The summed E-state index contributed by atoms with van der Waals surface area (Å²) in [6.45, 7) is 3.61. The van der Waals surface area contributed by atoms with Gasteiger partial charge in [0.25, 0.3) is 0 Å². The zero-order valence-electron chi connectivity index (χ0n) is 13.9. The molecule has 1 aromatic heterocycles. The first kappa shape index (κ1) is 17.3. The molecular weight excluding hydrogens is 384 g/mol. The molecule has 25 heavy (non-hydrogen) atoms. The van der Waals surface area contributed by atoms with Gasteiger partial charge in [0.1, 0.15) is 19.3 Å². The van der Waals surface area contributed by atoms with Gasteiger partial charge in [0.15, 0.2) is 11.5 Å². The van der Waals surface area contributed by atoms with Crippen molar-refractivity contribution in [2.24, 2.45) is 0 Å². The van der Waals surface area contributed by atoms with Gasteiger partial charge in [0.05, 0.1) is 17.6 Å². The number of ether oxygens (including phenoxy) is 2. The van der Waals surface area contributed by atoms with E-state index in [1.54, 1.807) is 17.3 Å². The lowest BCUT2D eigenvalue weighted by Gasteiger charge is -2.16. The summed E-state index contributed by atoms with van der Waals surface area (Å²) in [6.07, 6.45) is 3.21. The third-order valence-corrected chi connectivity index (χ3v) is 4.07. The molecule has 3 aromatic rings. The van der Waals surface area contributed by atoms with Gasteiger partial charge in [-0.1, -0.05) is 30.3 Å². The highest BCUT2D eigenvalue weighted by Crippen LogP contribution is 2.37. The van der Waals surface area contributed by atoms with Gasteiger partial charge in [0, 0.05) is 0 Å². The highest BCUT2D eigenvalue weighted by molar-refractivity contribution is 9.10. The van der Waals surface area contributed by atoms with Crippen LogP contribution in [-0.4, -0.2) is 21.5 Å². The molecule has 0 atom stereocenters. The first-order valence-corrected chi connectivity index (χ1v) is 8.76. The number of nitrogens with one attached hydrogen (secondary N) is 1. The molecule has 0 spiro atoms. The van der Waals surface area contributed by atoms with Crippen LogP contribution >= 0.6 is 15.9 Å². The van der Waals surface area contributed by atoms with Crippen LogP contribution in [0.15, 0.2) is 59.6 Å². The van der Waals surface area contributed by atoms with Crippen molar-refractivity contribution in [1.82, 2.24) is 14.9 Å². The van der Waals surface area contributed by atoms with Crippen molar-refractivity contribution in [3.8, 4) is 11.5 Å². The molecule has 130 valence electrons. The number of hydrogen-bond donors (Lipinski definition) is 1. The van der Waals surface area contributed by atoms with Gasteiger partial charge in [-0.25, -0.2) is 4.68 Å². The largest absolute Gasteiger partial charge is 0.490 e. The zero-order valence-corrected chi connectivity index (χ0v) is 15.4. The van der Waals surface area contributed by atoms with E-state index in [2.05, 4.69) is 31.6 Å². The molecular formula is C18H19BrN4O2. The van der Waals surface area contributed by atoms with E-state index in [0.29, 0.717) is 31.3 Å². The van der Waals surface area contributed by atoms with Gasteiger partial charge in [-0.15, -0.1) is 10.2 Å². The summed E-state index contributed by atoms with van der Waals surface area (Å²) in [5.74, 6) is 1.42. The van der Waals surface area contributed by atoms with Gasteiger partial charge in [-0.05, 0) is 46.1 Å². The fraction of sp³-hybridized carbons (Fsp3) is 0.222.